The molecule has 0 bridgehead atoms. The highest BCUT2D eigenvalue weighted by Gasteiger charge is 2.37. The van der Waals surface area contributed by atoms with Crippen LogP contribution >= 0.6 is 0 Å². The smallest absolute Gasteiger partial charge is 0.241 e. The van der Waals surface area contributed by atoms with Crippen molar-refractivity contribution in [2.24, 2.45) is 0 Å². The monoisotopic (exact) mass is 636 g/mol. The van der Waals surface area contributed by atoms with Gasteiger partial charge in [0.25, 0.3) is 0 Å². The van der Waals surface area contributed by atoms with Crippen LogP contribution in [0.2, 0.25) is 0 Å². The predicted molar refractivity (Wildman–Crippen MR) is 206 cm³/mol. The van der Waals surface area contributed by atoms with Crippen molar-refractivity contribution in [2.45, 2.75) is 31.3 Å². The first-order valence-electron chi connectivity index (χ1n) is 16.6. The van der Waals surface area contributed by atoms with Crippen molar-refractivity contribution >= 4 is 37.8 Å². The van der Waals surface area contributed by atoms with Crippen molar-refractivity contribution in [1.82, 2.24) is 9.55 Å². The minimum Gasteiger partial charge on any atom is -0.326 e. The Labute approximate surface area is 289 Å². The molecule has 0 amide bonds. The second-order valence-corrected chi connectivity index (χ2v) is 14.6. The van der Waals surface area contributed by atoms with Crippen molar-refractivity contribution in [3.05, 3.63) is 211 Å². The van der Waals surface area contributed by atoms with Crippen molar-refractivity contribution < 1.29 is 0 Å². The van der Waals surface area contributed by atoms with Crippen LogP contribution in [0, 0.1) is 0 Å². The van der Waals surface area contributed by atoms with Gasteiger partial charge >= 0.3 is 0 Å². The van der Waals surface area contributed by atoms with E-state index in [4.69, 9.17) is 0 Å². The Morgan fingerprint density at radius 3 is 1.31 bits per heavy atom. The summed E-state index contributed by atoms with van der Waals surface area (Å²) >= 11 is 0. The number of benzene rings is 6. The molecule has 0 saturated carbocycles. The molecule has 0 spiro atoms. The van der Waals surface area contributed by atoms with Gasteiger partial charge in [-0.25, -0.2) is 4.98 Å². The molecule has 7 aromatic rings. The van der Waals surface area contributed by atoms with Gasteiger partial charge in [-0.05, 0) is 22.1 Å². The lowest BCUT2D eigenvalue weighted by Crippen LogP contribution is -2.51. The highest BCUT2D eigenvalue weighted by molar-refractivity contribution is 6.95. The normalized spacial score (nSPS) is 11.3. The zero-order valence-corrected chi connectivity index (χ0v) is 28.9. The topological polar surface area (TPSA) is 17.8 Å². The summed E-state index contributed by atoms with van der Waals surface area (Å²) in [6, 6.07) is 62.7. The van der Waals surface area contributed by atoms with Gasteiger partial charge in [-0.3, -0.25) is 0 Å². The van der Waals surface area contributed by atoms with Crippen LogP contribution in [0.25, 0.3) is 0 Å². The minimum atomic E-state index is -0.338. The Morgan fingerprint density at radius 2 is 0.917 bits per heavy atom. The lowest BCUT2D eigenvalue weighted by atomic mass is 9.37. The first-order valence-corrected chi connectivity index (χ1v) is 17.6. The highest BCUT2D eigenvalue weighted by Crippen LogP contribution is 2.33. The Balaban J connectivity index is 0.000000182. The highest BCUT2D eigenvalue weighted by atomic mass is 28.2. The third kappa shape index (κ3) is 7.51. The Kier molecular flexibility index (Phi) is 10.3. The Hall–Kier alpha value is -5.19. The van der Waals surface area contributed by atoms with Crippen molar-refractivity contribution in [3.8, 4) is 0 Å². The van der Waals surface area contributed by atoms with Gasteiger partial charge in [0.1, 0.15) is 9.52 Å². The van der Waals surface area contributed by atoms with Crippen LogP contribution in [0.1, 0.15) is 37.5 Å². The molecule has 0 aliphatic rings. The fourth-order valence-electron chi connectivity index (χ4n) is 6.28. The summed E-state index contributed by atoms with van der Waals surface area (Å²) in [5.74, 6) is 0. The van der Waals surface area contributed by atoms with Gasteiger partial charge < -0.3 is 4.57 Å². The predicted octanol–water partition coefficient (Wildman–Crippen LogP) is 7.16. The minimum absolute atomic E-state index is 0.123. The summed E-state index contributed by atoms with van der Waals surface area (Å²) in [7, 11) is 0.514. The molecule has 0 unspecified atom stereocenters. The van der Waals surface area contributed by atoms with Gasteiger partial charge in [0.15, 0.2) is 0 Å². The average molecular weight is 637 g/mol. The summed E-state index contributed by atoms with van der Waals surface area (Å²) in [5, 5.41) is 1.01. The SMILES string of the molecule is CC(C)(C)c1cccc([Si]C(c2ccccc2)(c2ccccc2)n2ccnc2)c1.c1ccc(B(c2ccccc2)c2ccccc2)cc1. The van der Waals surface area contributed by atoms with Crippen molar-refractivity contribution in [2.75, 3.05) is 0 Å². The summed E-state index contributed by atoms with van der Waals surface area (Å²) in [5.41, 5.74) is 8.02. The molecule has 1 heterocycles. The van der Waals surface area contributed by atoms with Crippen LogP contribution in [0.4, 0.5) is 0 Å². The molecule has 0 saturated heterocycles. The van der Waals surface area contributed by atoms with Crippen LogP contribution in [0.15, 0.2) is 195 Å². The van der Waals surface area contributed by atoms with E-state index in [1.807, 2.05) is 12.5 Å². The molecule has 0 atom stereocenters. The maximum Gasteiger partial charge on any atom is 0.241 e. The molecule has 0 N–H and O–H groups in total. The third-order valence-corrected chi connectivity index (χ3v) is 10.5. The Bertz CT molecular complexity index is 1820. The number of hydrogen-bond acceptors (Lipinski definition) is 1. The summed E-state index contributed by atoms with van der Waals surface area (Å²) in [4.78, 5) is 4.40. The molecule has 4 heteroatoms. The fourth-order valence-corrected chi connectivity index (χ4v) is 7.98. The van der Waals surface area contributed by atoms with E-state index in [9.17, 15) is 0 Å². The summed E-state index contributed by atoms with van der Waals surface area (Å²) < 4.78 is 2.26. The molecule has 1 aromatic heterocycles. The maximum absolute atomic E-state index is 4.40. The van der Waals surface area contributed by atoms with E-state index in [-0.39, 0.29) is 10.6 Å². The number of hydrogen-bond donors (Lipinski definition) is 0. The van der Waals surface area contributed by atoms with E-state index in [0.29, 0.717) is 16.2 Å². The maximum atomic E-state index is 4.40. The quantitative estimate of drug-likeness (QED) is 0.162. The molecule has 2 nitrogen and oxygen atoms in total. The van der Waals surface area contributed by atoms with Crippen LogP contribution in [0.3, 0.4) is 0 Å². The standard InChI is InChI=1S/C26H26N2Si.C18H15B/c1-25(2,3)23-15-10-16-24(19-23)29-26(28-18-17-27-20-28,21-11-6-4-7-12-21)22-13-8-5-9-14-22;1-4-10-16(11-5-1)19(17-12-6-2-7-13-17)18-14-8-3-9-15-18/h4-20H,1-3H3;1-15H. The first-order chi connectivity index (χ1) is 23.4. The third-order valence-electron chi connectivity index (χ3n) is 8.73. The largest absolute Gasteiger partial charge is 0.326 e. The molecule has 7 rings (SSSR count). The van der Waals surface area contributed by atoms with Gasteiger partial charge in [-0.1, -0.05) is 218 Å². The van der Waals surface area contributed by atoms with E-state index < -0.39 is 0 Å². The molecule has 0 fully saturated rings. The van der Waals surface area contributed by atoms with Gasteiger partial charge in [0.05, 0.1) is 11.5 Å². The van der Waals surface area contributed by atoms with Crippen LogP contribution in [0.5, 0.6) is 0 Å². The number of aromatic nitrogens is 2. The van der Waals surface area contributed by atoms with E-state index >= 15 is 0 Å². The second kappa shape index (κ2) is 15.1. The molecule has 6 aromatic carbocycles. The van der Waals surface area contributed by atoms with E-state index in [2.05, 4.69) is 212 Å². The molecular formula is C44H41BN2Si. The fraction of sp³-hybridized carbons (Fsp3) is 0.114. The van der Waals surface area contributed by atoms with E-state index in [0.717, 1.165) is 0 Å². The van der Waals surface area contributed by atoms with Crippen LogP contribution in [-0.4, -0.2) is 25.8 Å². The lowest BCUT2D eigenvalue weighted by molar-refractivity contribution is 0.589. The molecule has 48 heavy (non-hydrogen) atoms. The lowest BCUT2D eigenvalue weighted by Gasteiger charge is -2.36. The molecule has 0 aliphatic heterocycles. The van der Waals surface area contributed by atoms with E-state index in [1.54, 1.807) is 0 Å². The first kappa shape index (κ1) is 32.7. The second-order valence-electron chi connectivity index (χ2n) is 13.0. The van der Waals surface area contributed by atoms with Crippen molar-refractivity contribution in [3.63, 3.8) is 0 Å². The van der Waals surface area contributed by atoms with E-state index in [1.165, 1.54) is 38.3 Å². The number of nitrogens with zero attached hydrogens (tertiary/aromatic N) is 2. The van der Waals surface area contributed by atoms with Crippen molar-refractivity contribution in [1.29, 1.82) is 0 Å². The number of rotatable bonds is 8. The number of imidazole rings is 1. The van der Waals surface area contributed by atoms with Crippen LogP contribution in [-0.2, 0) is 10.6 Å². The molecule has 0 aliphatic carbocycles. The zero-order chi connectivity index (χ0) is 33.2. The molecular weight excluding hydrogens is 595 g/mol. The summed E-state index contributed by atoms with van der Waals surface area (Å²) in [6.07, 6.45) is 5.90. The van der Waals surface area contributed by atoms with Gasteiger partial charge in [0.2, 0.25) is 6.71 Å². The Morgan fingerprint density at radius 1 is 0.500 bits per heavy atom. The summed E-state index contributed by atoms with van der Waals surface area (Å²) in [6.45, 7) is 7.12. The van der Waals surface area contributed by atoms with Gasteiger partial charge in [-0.2, -0.15) is 0 Å². The average Bonchev–Trinajstić information content (AvgIpc) is 3.69. The van der Waals surface area contributed by atoms with Gasteiger partial charge in [-0.15, -0.1) is 0 Å². The zero-order valence-electron chi connectivity index (χ0n) is 27.9. The van der Waals surface area contributed by atoms with Gasteiger partial charge in [0, 0.05) is 12.4 Å². The van der Waals surface area contributed by atoms with Crippen LogP contribution < -0.4 is 21.6 Å². The molecule has 2 radical (unpaired) electrons. The molecule has 234 valence electrons.